The van der Waals surface area contributed by atoms with Gasteiger partial charge in [0, 0.05) is 32.4 Å². The quantitative estimate of drug-likeness (QED) is 0.786. The maximum atomic E-state index is 13.0. The summed E-state index contributed by atoms with van der Waals surface area (Å²) in [5.41, 5.74) is 0.650. The van der Waals surface area contributed by atoms with E-state index in [4.69, 9.17) is 4.74 Å². The molecule has 2 fully saturated rings. The number of carbonyl (C=O) groups is 3. The highest BCUT2D eigenvalue weighted by molar-refractivity contribution is 7.17. The lowest BCUT2D eigenvalue weighted by Gasteiger charge is -2.37. The summed E-state index contributed by atoms with van der Waals surface area (Å²) in [4.78, 5) is 45.1. The van der Waals surface area contributed by atoms with Crippen LogP contribution < -0.4 is 5.32 Å². The van der Waals surface area contributed by atoms with Gasteiger partial charge in [0.2, 0.25) is 11.8 Å². The van der Waals surface area contributed by atoms with Crippen LogP contribution in [0.2, 0.25) is 0 Å². The number of carbonyl (C=O) groups excluding carboxylic acids is 3. The zero-order valence-electron chi connectivity index (χ0n) is 17.8. The lowest BCUT2D eigenvalue weighted by Crippen LogP contribution is -2.51. The Morgan fingerprint density at radius 3 is 2.53 bits per heavy atom. The molecule has 1 N–H and O–H groups in total. The minimum Gasteiger partial charge on any atom is -0.372 e. The molecular weight excluding hydrogens is 402 g/mol. The minimum absolute atomic E-state index is 0.00203. The Kier molecular flexibility index (Phi) is 6.53. The first kappa shape index (κ1) is 21.4. The third kappa shape index (κ3) is 4.91. The molecular formula is C22H31N3O4S. The molecule has 8 heteroatoms. The summed E-state index contributed by atoms with van der Waals surface area (Å²) in [6.45, 7) is 5.03. The van der Waals surface area contributed by atoms with Gasteiger partial charge in [0.15, 0.2) is 10.9 Å². The van der Waals surface area contributed by atoms with E-state index in [1.807, 2.05) is 18.7 Å². The molecule has 0 radical (unpaired) electrons. The van der Waals surface area contributed by atoms with E-state index in [9.17, 15) is 14.4 Å². The van der Waals surface area contributed by atoms with E-state index >= 15 is 0 Å². The molecule has 3 aliphatic rings. The number of hydrogen-bond donors (Lipinski definition) is 1. The highest BCUT2D eigenvalue weighted by Crippen LogP contribution is 2.34. The molecule has 3 atom stereocenters. The Morgan fingerprint density at radius 1 is 1.13 bits per heavy atom. The molecule has 4 rings (SSSR count). The molecule has 7 nitrogen and oxygen atoms in total. The van der Waals surface area contributed by atoms with E-state index in [1.54, 1.807) is 0 Å². The molecule has 0 unspecified atom stereocenters. The smallest absolute Gasteiger partial charge is 0.226 e. The van der Waals surface area contributed by atoms with E-state index in [-0.39, 0.29) is 42.1 Å². The van der Waals surface area contributed by atoms with Crippen LogP contribution in [0, 0.1) is 11.8 Å². The zero-order valence-corrected chi connectivity index (χ0v) is 18.6. The van der Waals surface area contributed by atoms with Gasteiger partial charge >= 0.3 is 0 Å². The standard InChI is InChI=1S/C22H31N3O4S/c1-13-11-25(12-14(2)29-13)21(28)16-9-17-20(18(26)10-16)30-22(23-17)24-19(27)8-15-6-4-3-5-7-15/h13-16H,3-12H2,1-2H3,(H,23,24,27)/t13-,14+,16-/m1/s1. The number of hydrogen-bond acceptors (Lipinski definition) is 6. The number of amides is 2. The number of thiazole rings is 1. The predicted molar refractivity (Wildman–Crippen MR) is 115 cm³/mol. The highest BCUT2D eigenvalue weighted by Gasteiger charge is 2.37. The summed E-state index contributed by atoms with van der Waals surface area (Å²) in [5.74, 6) is 0.0103. The Balaban J connectivity index is 1.38. The normalized spacial score (nSPS) is 27.6. The number of fused-ring (bicyclic) bond motifs is 1. The second-order valence-corrected chi connectivity index (χ2v) is 10.1. The highest BCUT2D eigenvalue weighted by atomic mass is 32.1. The Morgan fingerprint density at radius 2 is 1.83 bits per heavy atom. The molecule has 1 aromatic rings. The number of nitrogens with one attached hydrogen (secondary N) is 1. The van der Waals surface area contributed by atoms with Crippen molar-refractivity contribution < 1.29 is 19.1 Å². The Bertz CT molecular complexity index is 807. The van der Waals surface area contributed by atoms with Gasteiger partial charge in [-0.2, -0.15) is 0 Å². The number of Topliss-reactive ketones (excluding diaryl/α,β-unsaturated/α-hetero) is 1. The summed E-state index contributed by atoms with van der Waals surface area (Å²) in [6.07, 6.45) is 7.08. The van der Waals surface area contributed by atoms with Gasteiger partial charge in [-0.15, -0.1) is 0 Å². The number of anilines is 1. The number of ether oxygens (including phenoxy) is 1. The van der Waals surface area contributed by atoms with Gasteiger partial charge in [-0.3, -0.25) is 14.4 Å². The van der Waals surface area contributed by atoms with Gasteiger partial charge in [0.25, 0.3) is 0 Å². The van der Waals surface area contributed by atoms with Crippen molar-refractivity contribution in [2.24, 2.45) is 11.8 Å². The lowest BCUT2D eigenvalue weighted by molar-refractivity contribution is -0.147. The first-order valence-corrected chi connectivity index (χ1v) is 12.0. The average molecular weight is 434 g/mol. The van der Waals surface area contributed by atoms with E-state index in [0.717, 1.165) is 12.8 Å². The monoisotopic (exact) mass is 433 g/mol. The average Bonchev–Trinajstić information content (AvgIpc) is 3.10. The van der Waals surface area contributed by atoms with Crippen molar-refractivity contribution in [3.63, 3.8) is 0 Å². The second kappa shape index (κ2) is 9.14. The van der Waals surface area contributed by atoms with Crippen LogP contribution in [0.25, 0.3) is 0 Å². The summed E-state index contributed by atoms with van der Waals surface area (Å²) in [7, 11) is 0. The summed E-state index contributed by atoms with van der Waals surface area (Å²) >= 11 is 1.25. The summed E-state index contributed by atoms with van der Waals surface area (Å²) in [6, 6.07) is 0. The van der Waals surface area contributed by atoms with E-state index in [0.29, 0.717) is 47.6 Å². The van der Waals surface area contributed by atoms with E-state index in [2.05, 4.69) is 10.3 Å². The fraction of sp³-hybridized carbons (Fsp3) is 0.727. The predicted octanol–water partition coefficient (Wildman–Crippen LogP) is 3.43. The molecule has 164 valence electrons. The van der Waals surface area contributed by atoms with Crippen molar-refractivity contribution in [3.05, 3.63) is 10.6 Å². The molecule has 1 aromatic heterocycles. The molecule has 2 amide bonds. The van der Waals surface area contributed by atoms with Crippen LogP contribution in [0.15, 0.2) is 0 Å². The third-order valence-corrected chi connectivity index (χ3v) is 7.40. The van der Waals surface area contributed by atoms with Gasteiger partial charge in [0.05, 0.1) is 28.7 Å². The van der Waals surface area contributed by atoms with Crippen molar-refractivity contribution in [2.75, 3.05) is 18.4 Å². The first-order chi connectivity index (χ1) is 14.4. The third-order valence-electron chi connectivity index (χ3n) is 6.35. The molecule has 1 saturated heterocycles. The molecule has 0 bridgehead atoms. The van der Waals surface area contributed by atoms with Gasteiger partial charge in [-0.05, 0) is 32.6 Å². The van der Waals surface area contributed by atoms with Crippen LogP contribution in [0.1, 0.15) is 74.2 Å². The maximum Gasteiger partial charge on any atom is 0.226 e. The van der Waals surface area contributed by atoms with Crippen molar-refractivity contribution in [2.45, 2.75) is 77.4 Å². The zero-order chi connectivity index (χ0) is 21.3. The summed E-state index contributed by atoms with van der Waals surface area (Å²) in [5, 5.41) is 3.37. The number of rotatable bonds is 4. The second-order valence-electron chi connectivity index (χ2n) is 9.08. The Labute approximate surface area is 181 Å². The topological polar surface area (TPSA) is 88.6 Å². The van der Waals surface area contributed by atoms with Crippen LogP contribution in [-0.4, -0.2) is 52.8 Å². The van der Waals surface area contributed by atoms with Crippen molar-refractivity contribution in [1.82, 2.24) is 9.88 Å². The van der Waals surface area contributed by atoms with Crippen molar-refractivity contribution in [1.29, 1.82) is 0 Å². The fourth-order valence-electron chi connectivity index (χ4n) is 5.00. The van der Waals surface area contributed by atoms with Gasteiger partial charge < -0.3 is 15.0 Å². The molecule has 1 aliphatic heterocycles. The van der Waals surface area contributed by atoms with Crippen LogP contribution in [0.3, 0.4) is 0 Å². The number of nitrogens with zero attached hydrogens (tertiary/aromatic N) is 2. The largest absolute Gasteiger partial charge is 0.372 e. The molecule has 1 saturated carbocycles. The van der Waals surface area contributed by atoms with Gasteiger partial charge in [-0.25, -0.2) is 4.98 Å². The van der Waals surface area contributed by atoms with Gasteiger partial charge in [0.1, 0.15) is 0 Å². The molecule has 2 heterocycles. The number of ketones is 1. The van der Waals surface area contributed by atoms with Crippen LogP contribution in [-0.2, 0) is 20.7 Å². The van der Waals surface area contributed by atoms with Gasteiger partial charge in [-0.1, -0.05) is 30.6 Å². The van der Waals surface area contributed by atoms with E-state index < -0.39 is 0 Å². The van der Waals surface area contributed by atoms with E-state index in [1.165, 1.54) is 30.6 Å². The molecule has 30 heavy (non-hydrogen) atoms. The fourth-order valence-corrected chi connectivity index (χ4v) is 5.96. The van der Waals surface area contributed by atoms with Crippen molar-refractivity contribution in [3.8, 4) is 0 Å². The maximum absolute atomic E-state index is 13.0. The first-order valence-electron chi connectivity index (χ1n) is 11.2. The number of aromatic nitrogens is 1. The van der Waals surface area contributed by atoms with Crippen molar-refractivity contribution >= 4 is 34.1 Å². The van der Waals surface area contributed by atoms with Crippen LogP contribution >= 0.6 is 11.3 Å². The minimum atomic E-state index is -0.379. The Hall–Kier alpha value is -1.80. The molecule has 2 aliphatic carbocycles. The lowest BCUT2D eigenvalue weighted by atomic mass is 9.87. The van der Waals surface area contributed by atoms with Crippen LogP contribution in [0.5, 0.6) is 0 Å². The molecule has 0 spiro atoms. The van der Waals surface area contributed by atoms with Crippen LogP contribution in [0.4, 0.5) is 5.13 Å². The SMILES string of the molecule is C[C@@H]1CN(C(=O)[C@H]2CC(=O)c3sc(NC(=O)CC4CCCCC4)nc3C2)C[C@H](C)O1. The summed E-state index contributed by atoms with van der Waals surface area (Å²) < 4.78 is 5.71. The number of morpholine rings is 1. The molecule has 0 aromatic carbocycles.